The summed E-state index contributed by atoms with van der Waals surface area (Å²) in [6, 6.07) is 7.96. The van der Waals surface area contributed by atoms with E-state index in [4.69, 9.17) is 0 Å². The van der Waals surface area contributed by atoms with Crippen LogP contribution in [0.25, 0.3) is 0 Å². The van der Waals surface area contributed by atoms with Crippen LogP contribution < -0.4 is 5.32 Å². The van der Waals surface area contributed by atoms with Crippen molar-refractivity contribution in [1.29, 1.82) is 0 Å². The third-order valence-corrected chi connectivity index (χ3v) is 4.41. The van der Waals surface area contributed by atoms with Gasteiger partial charge >= 0.3 is 0 Å². The van der Waals surface area contributed by atoms with Crippen molar-refractivity contribution in [2.75, 3.05) is 11.6 Å². The Balaban J connectivity index is 1.68. The lowest BCUT2D eigenvalue weighted by Crippen LogP contribution is -2.29. The molecule has 0 radical (unpaired) electrons. The molecule has 0 fully saturated rings. The molecule has 1 aliphatic rings. The van der Waals surface area contributed by atoms with Crippen molar-refractivity contribution < 1.29 is 4.79 Å². The van der Waals surface area contributed by atoms with Crippen LogP contribution in [0.3, 0.4) is 0 Å². The molecule has 0 bridgehead atoms. The van der Waals surface area contributed by atoms with Gasteiger partial charge in [-0.25, -0.2) is 4.98 Å². The van der Waals surface area contributed by atoms with E-state index < -0.39 is 0 Å². The highest BCUT2D eigenvalue weighted by Crippen LogP contribution is 2.23. The fourth-order valence-corrected chi connectivity index (χ4v) is 3.00. The number of benzene rings is 1. The van der Waals surface area contributed by atoms with Gasteiger partial charge in [0.25, 0.3) is 0 Å². The molecule has 2 aromatic rings. The van der Waals surface area contributed by atoms with Crippen molar-refractivity contribution >= 4 is 23.4 Å². The molecular formula is C15H17N3OS. The summed E-state index contributed by atoms with van der Waals surface area (Å²) in [5.41, 5.74) is 2.02. The summed E-state index contributed by atoms with van der Waals surface area (Å²) in [6.07, 6.45) is 7.37. The third-order valence-electron chi connectivity index (χ3n) is 3.68. The van der Waals surface area contributed by atoms with Crippen LogP contribution in [0.2, 0.25) is 0 Å². The number of hydrogen-bond acceptors (Lipinski definition) is 3. The smallest absolute Gasteiger partial charge is 0.227 e. The summed E-state index contributed by atoms with van der Waals surface area (Å²) >= 11 is 1.67. The van der Waals surface area contributed by atoms with Gasteiger partial charge in [0.05, 0.1) is 6.33 Å². The number of amides is 1. The number of thioether (sulfide) groups is 1. The maximum atomic E-state index is 12.4. The molecule has 0 saturated carbocycles. The minimum absolute atomic E-state index is 0.0390. The molecule has 4 nitrogen and oxygen atoms in total. The van der Waals surface area contributed by atoms with E-state index in [1.54, 1.807) is 11.8 Å². The molecule has 0 spiro atoms. The van der Waals surface area contributed by atoms with E-state index in [0.717, 1.165) is 35.7 Å². The molecule has 1 amide bonds. The van der Waals surface area contributed by atoms with Gasteiger partial charge < -0.3 is 9.88 Å². The molecule has 5 heteroatoms. The summed E-state index contributed by atoms with van der Waals surface area (Å²) in [5, 5.41) is 3.03. The van der Waals surface area contributed by atoms with Crippen molar-refractivity contribution in [3.05, 3.63) is 42.5 Å². The average molecular weight is 287 g/mol. The van der Waals surface area contributed by atoms with Gasteiger partial charge in [-0.1, -0.05) is 6.07 Å². The summed E-state index contributed by atoms with van der Waals surface area (Å²) in [7, 11) is 0. The van der Waals surface area contributed by atoms with E-state index in [1.807, 2.05) is 43.0 Å². The van der Waals surface area contributed by atoms with Crippen molar-refractivity contribution in [3.63, 3.8) is 0 Å². The summed E-state index contributed by atoms with van der Waals surface area (Å²) in [5.74, 6) is 0.146. The van der Waals surface area contributed by atoms with E-state index in [1.165, 1.54) is 0 Å². The first-order valence-electron chi connectivity index (χ1n) is 6.70. The van der Waals surface area contributed by atoms with Crippen LogP contribution in [0, 0.1) is 5.92 Å². The topological polar surface area (TPSA) is 46.9 Å². The maximum Gasteiger partial charge on any atom is 0.227 e. The average Bonchev–Trinajstić information content (AvgIpc) is 2.94. The Morgan fingerprint density at radius 2 is 2.40 bits per heavy atom. The molecule has 104 valence electrons. The summed E-state index contributed by atoms with van der Waals surface area (Å²) in [4.78, 5) is 17.6. The monoisotopic (exact) mass is 287 g/mol. The molecule has 0 saturated heterocycles. The van der Waals surface area contributed by atoms with Gasteiger partial charge in [-0.3, -0.25) is 4.79 Å². The number of anilines is 1. The third kappa shape index (κ3) is 2.72. The zero-order valence-corrected chi connectivity index (χ0v) is 12.2. The van der Waals surface area contributed by atoms with Crippen LogP contribution >= 0.6 is 11.8 Å². The predicted molar refractivity (Wildman–Crippen MR) is 80.9 cm³/mol. The van der Waals surface area contributed by atoms with Crippen LogP contribution in [-0.4, -0.2) is 21.7 Å². The van der Waals surface area contributed by atoms with Crippen LogP contribution in [0.5, 0.6) is 0 Å². The van der Waals surface area contributed by atoms with E-state index in [0.29, 0.717) is 0 Å². The van der Waals surface area contributed by atoms with Gasteiger partial charge in [0.1, 0.15) is 0 Å². The second-order valence-corrected chi connectivity index (χ2v) is 5.87. The van der Waals surface area contributed by atoms with Crippen LogP contribution in [0.15, 0.2) is 41.7 Å². The summed E-state index contributed by atoms with van der Waals surface area (Å²) < 4.78 is 2.12. The number of fused-ring (bicyclic) bond motifs is 1. The number of rotatable bonds is 3. The zero-order chi connectivity index (χ0) is 13.9. The number of nitrogens with one attached hydrogen (secondary N) is 1. The van der Waals surface area contributed by atoms with Crippen molar-refractivity contribution in [2.45, 2.75) is 24.3 Å². The number of imidazole rings is 1. The Bertz CT molecular complexity index is 623. The molecule has 1 aliphatic heterocycles. The van der Waals surface area contributed by atoms with Gasteiger partial charge in [-0.2, -0.15) is 0 Å². The number of aromatic nitrogens is 2. The lowest BCUT2D eigenvalue weighted by atomic mass is 9.95. The first-order chi connectivity index (χ1) is 9.76. The minimum atomic E-state index is 0.0390. The second kappa shape index (κ2) is 5.71. The standard InChI is InChI=1S/C15H17N3OS/c1-20-14-4-2-3-12(8-14)17-15(19)11-5-6-18-10-16-9-13(18)7-11/h2-4,8-11H,5-7H2,1H3,(H,17,19). The van der Waals surface area contributed by atoms with Crippen molar-refractivity contribution in [2.24, 2.45) is 5.92 Å². The predicted octanol–water partition coefficient (Wildman–Crippen LogP) is 2.81. The van der Waals surface area contributed by atoms with Gasteiger partial charge in [-0.05, 0) is 30.9 Å². The maximum absolute atomic E-state index is 12.4. The Labute approximate surface area is 122 Å². The molecule has 1 atom stereocenters. The highest BCUT2D eigenvalue weighted by Gasteiger charge is 2.24. The lowest BCUT2D eigenvalue weighted by Gasteiger charge is -2.23. The van der Waals surface area contributed by atoms with Crippen LogP contribution in [-0.2, 0) is 17.8 Å². The molecular weight excluding hydrogens is 270 g/mol. The number of carbonyl (C=O) groups is 1. The molecule has 3 rings (SSSR count). The lowest BCUT2D eigenvalue weighted by molar-refractivity contribution is -0.120. The molecule has 2 heterocycles. The SMILES string of the molecule is CSc1cccc(NC(=O)C2CCn3cncc3C2)c1. The molecule has 20 heavy (non-hydrogen) atoms. The highest BCUT2D eigenvalue weighted by atomic mass is 32.2. The first-order valence-corrected chi connectivity index (χ1v) is 7.92. The van der Waals surface area contributed by atoms with Gasteiger partial charge in [-0.15, -0.1) is 11.8 Å². The van der Waals surface area contributed by atoms with Crippen molar-refractivity contribution in [1.82, 2.24) is 9.55 Å². The van der Waals surface area contributed by atoms with E-state index >= 15 is 0 Å². The molecule has 1 aromatic heterocycles. The largest absolute Gasteiger partial charge is 0.335 e. The van der Waals surface area contributed by atoms with E-state index in [2.05, 4.69) is 14.9 Å². The van der Waals surface area contributed by atoms with Crippen LogP contribution in [0.4, 0.5) is 5.69 Å². The van der Waals surface area contributed by atoms with Crippen molar-refractivity contribution in [3.8, 4) is 0 Å². The molecule has 0 aliphatic carbocycles. The molecule has 1 unspecified atom stereocenters. The second-order valence-electron chi connectivity index (χ2n) is 4.99. The normalized spacial score (nSPS) is 17.6. The Morgan fingerprint density at radius 1 is 1.50 bits per heavy atom. The van der Waals surface area contributed by atoms with E-state index in [-0.39, 0.29) is 11.8 Å². The molecule has 1 aromatic carbocycles. The Morgan fingerprint density at radius 3 is 3.25 bits per heavy atom. The number of nitrogens with zero attached hydrogens (tertiary/aromatic N) is 2. The van der Waals surface area contributed by atoms with Gasteiger partial charge in [0.15, 0.2) is 0 Å². The Hall–Kier alpha value is -1.75. The van der Waals surface area contributed by atoms with E-state index in [9.17, 15) is 4.79 Å². The first kappa shape index (κ1) is 13.2. The number of hydrogen-bond donors (Lipinski definition) is 1. The number of aryl methyl sites for hydroxylation is 1. The quantitative estimate of drug-likeness (QED) is 0.883. The minimum Gasteiger partial charge on any atom is -0.335 e. The fourth-order valence-electron chi connectivity index (χ4n) is 2.54. The van der Waals surface area contributed by atoms with Crippen LogP contribution in [0.1, 0.15) is 12.1 Å². The number of carbonyl (C=O) groups excluding carboxylic acids is 1. The van der Waals surface area contributed by atoms with Gasteiger partial charge in [0.2, 0.25) is 5.91 Å². The molecule has 1 N–H and O–H groups in total. The Kier molecular flexibility index (Phi) is 3.78. The zero-order valence-electron chi connectivity index (χ0n) is 11.4. The van der Waals surface area contributed by atoms with Gasteiger partial charge in [0, 0.05) is 41.4 Å². The highest BCUT2D eigenvalue weighted by molar-refractivity contribution is 7.98. The summed E-state index contributed by atoms with van der Waals surface area (Å²) in [6.45, 7) is 0.873. The fraction of sp³-hybridized carbons (Fsp3) is 0.333.